The van der Waals surface area contributed by atoms with E-state index in [-0.39, 0.29) is 5.41 Å². The van der Waals surface area contributed by atoms with Gasteiger partial charge in [-0.05, 0) is 73.6 Å². The van der Waals surface area contributed by atoms with Gasteiger partial charge in [-0.1, -0.05) is 12.5 Å². The van der Waals surface area contributed by atoms with Crippen LogP contribution in [0.4, 0.5) is 10.5 Å². The summed E-state index contributed by atoms with van der Waals surface area (Å²) in [5.41, 5.74) is 6.27. The van der Waals surface area contributed by atoms with Crippen LogP contribution < -0.4 is 10.1 Å². The maximum absolute atomic E-state index is 13.5. The van der Waals surface area contributed by atoms with Gasteiger partial charge in [0.25, 0.3) is 0 Å². The van der Waals surface area contributed by atoms with E-state index in [2.05, 4.69) is 20.8 Å². The van der Waals surface area contributed by atoms with E-state index in [4.69, 9.17) is 4.74 Å². The number of aromatic nitrogens is 2. The predicted molar refractivity (Wildman–Crippen MR) is 118 cm³/mol. The summed E-state index contributed by atoms with van der Waals surface area (Å²) < 4.78 is 25.4. The number of carbonyl (C=O) groups is 1. The van der Waals surface area contributed by atoms with Gasteiger partial charge < -0.3 is 10.1 Å². The lowest BCUT2D eigenvalue weighted by Crippen LogP contribution is -2.43. The number of fused-ring (bicyclic) bond motifs is 3. The van der Waals surface area contributed by atoms with Crippen LogP contribution in [0, 0.1) is 5.41 Å². The van der Waals surface area contributed by atoms with Gasteiger partial charge in [-0.15, -0.1) is 4.36 Å². The maximum atomic E-state index is 13.5. The molecule has 164 valence electrons. The number of aryl methyl sites for hydroxylation is 2. The molecule has 0 bridgehead atoms. The molecule has 2 aromatic rings. The number of rotatable bonds is 2. The number of ether oxygens (including phenoxy) is 1. The fourth-order valence-corrected chi connectivity index (χ4v) is 6.93. The largest absolute Gasteiger partial charge is 0.476 e. The van der Waals surface area contributed by atoms with Crippen molar-refractivity contribution in [2.75, 3.05) is 18.2 Å². The van der Waals surface area contributed by atoms with Crippen LogP contribution in [0.2, 0.25) is 0 Å². The summed E-state index contributed by atoms with van der Waals surface area (Å²) in [6, 6.07) is 1.78. The lowest BCUT2D eigenvalue weighted by atomic mass is 9.69. The van der Waals surface area contributed by atoms with Crippen LogP contribution in [0.5, 0.6) is 5.88 Å². The van der Waals surface area contributed by atoms with Crippen molar-refractivity contribution in [1.29, 1.82) is 0 Å². The van der Waals surface area contributed by atoms with Crippen LogP contribution >= 0.6 is 0 Å². The van der Waals surface area contributed by atoms with E-state index >= 15 is 0 Å². The van der Waals surface area contributed by atoms with Crippen molar-refractivity contribution in [2.45, 2.75) is 69.2 Å². The molecule has 4 aliphatic rings. The quantitative estimate of drug-likeness (QED) is 0.761. The first-order valence-corrected chi connectivity index (χ1v) is 13.2. The Hall–Kier alpha value is -2.35. The topological polar surface area (TPSA) is 85.6 Å². The Kier molecular flexibility index (Phi) is 4.26. The minimum absolute atomic E-state index is 0.174. The van der Waals surface area contributed by atoms with Gasteiger partial charge >= 0.3 is 6.03 Å². The van der Waals surface area contributed by atoms with E-state index in [1.807, 2.05) is 0 Å². The second kappa shape index (κ2) is 6.82. The molecule has 2 heterocycles. The predicted octanol–water partition coefficient (Wildman–Crippen LogP) is 4.11. The fourth-order valence-electron chi connectivity index (χ4n) is 5.74. The van der Waals surface area contributed by atoms with E-state index < -0.39 is 15.8 Å². The number of benzene rings is 1. The zero-order valence-electron chi connectivity index (χ0n) is 17.9. The van der Waals surface area contributed by atoms with Crippen LogP contribution in [0.3, 0.4) is 0 Å². The Morgan fingerprint density at radius 2 is 1.87 bits per heavy atom. The average molecular weight is 441 g/mol. The Balaban J connectivity index is 1.30. The summed E-state index contributed by atoms with van der Waals surface area (Å²) in [6.45, 7) is 1.40. The van der Waals surface area contributed by atoms with Gasteiger partial charge in [0, 0.05) is 17.4 Å². The molecule has 31 heavy (non-hydrogen) atoms. The molecule has 3 aliphatic carbocycles. The summed E-state index contributed by atoms with van der Waals surface area (Å²) in [6.07, 6.45) is 12.9. The highest BCUT2D eigenvalue weighted by Gasteiger charge is 2.43. The second-order valence-electron chi connectivity index (χ2n) is 9.67. The van der Waals surface area contributed by atoms with Gasteiger partial charge in [0.1, 0.15) is 4.90 Å². The highest BCUT2D eigenvalue weighted by Crippen LogP contribution is 2.46. The minimum atomic E-state index is -2.98. The van der Waals surface area contributed by atoms with Gasteiger partial charge in [0.2, 0.25) is 5.88 Å². The molecule has 1 atom stereocenters. The average Bonchev–Trinajstić information content (AvgIpc) is 3.44. The summed E-state index contributed by atoms with van der Waals surface area (Å²) in [5, 5.41) is 7.43. The third kappa shape index (κ3) is 3.10. The van der Waals surface area contributed by atoms with Crippen molar-refractivity contribution in [3.8, 4) is 5.88 Å². The first-order chi connectivity index (χ1) is 14.9. The Bertz CT molecular complexity index is 1190. The fraction of sp³-hybridized carbons (Fsp3) is 0.565. The molecule has 1 N–H and O–H groups in total. The Morgan fingerprint density at radius 3 is 2.52 bits per heavy atom. The zero-order chi connectivity index (χ0) is 21.2. The lowest BCUT2D eigenvalue weighted by molar-refractivity contribution is 0.000138. The van der Waals surface area contributed by atoms with Crippen molar-refractivity contribution < 1.29 is 13.7 Å². The molecule has 1 unspecified atom stereocenters. The summed E-state index contributed by atoms with van der Waals surface area (Å²) in [7, 11) is -2.98. The van der Waals surface area contributed by atoms with Crippen LogP contribution in [-0.4, -0.2) is 32.9 Å². The third-order valence-electron chi connectivity index (χ3n) is 7.54. The number of nitrogens with zero attached hydrogens (tertiary/aromatic N) is 3. The van der Waals surface area contributed by atoms with Gasteiger partial charge in [0.05, 0.1) is 29.1 Å². The standard InChI is InChI=1S/C23H28N4O3S/c1-31(29,19-12-24-27-13-23(9-4-10-23)14-30-21(19)27)26-22(28)25-20-17-7-2-5-15(17)11-16-6-3-8-18(16)20/h11-12H,2-10,13-14H2,1H3,(H,25,28). The molecule has 1 saturated carbocycles. The van der Waals surface area contributed by atoms with Gasteiger partial charge in [0.15, 0.2) is 0 Å². The van der Waals surface area contributed by atoms with E-state index in [1.165, 1.54) is 34.9 Å². The molecular formula is C23H28N4O3S. The molecule has 1 aromatic carbocycles. The number of hydrogen-bond donors (Lipinski definition) is 1. The van der Waals surface area contributed by atoms with Crippen LogP contribution in [0.1, 0.15) is 54.4 Å². The number of urea groups is 1. The van der Waals surface area contributed by atoms with Gasteiger partial charge in [-0.25, -0.2) is 13.7 Å². The Labute approximate surface area is 182 Å². The monoisotopic (exact) mass is 440 g/mol. The number of amides is 2. The van der Waals surface area contributed by atoms with E-state index in [0.29, 0.717) is 17.4 Å². The maximum Gasteiger partial charge on any atom is 0.353 e. The number of anilines is 1. The van der Waals surface area contributed by atoms with Crippen molar-refractivity contribution in [2.24, 2.45) is 9.78 Å². The van der Waals surface area contributed by atoms with Crippen LogP contribution in [0.25, 0.3) is 0 Å². The summed E-state index contributed by atoms with van der Waals surface area (Å²) in [4.78, 5) is 13.3. The van der Waals surface area contributed by atoms with Crippen LogP contribution in [-0.2, 0) is 42.0 Å². The highest BCUT2D eigenvalue weighted by atomic mass is 32.2. The highest BCUT2D eigenvalue weighted by molar-refractivity contribution is 7.93. The van der Waals surface area contributed by atoms with Gasteiger partial charge in [-0.3, -0.25) is 0 Å². The minimum Gasteiger partial charge on any atom is -0.476 e. The first kappa shape index (κ1) is 19.3. The SMILES string of the molecule is CS(=O)(=NC(=O)Nc1c2c(cc3c1CCC3)CCC2)c1cnn2c1OCC1(CCC1)C2. The summed E-state index contributed by atoms with van der Waals surface area (Å²) >= 11 is 0. The number of hydrogen-bond acceptors (Lipinski definition) is 4. The van der Waals surface area contributed by atoms with Crippen LogP contribution in [0.15, 0.2) is 21.5 Å². The van der Waals surface area contributed by atoms with Crippen molar-refractivity contribution in [1.82, 2.24) is 9.78 Å². The lowest BCUT2D eigenvalue weighted by Gasteiger charge is -2.44. The molecule has 7 nitrogen and oxygen atoms in total. The molecule has 0 saturated heterocycles. The van der Waals surface area contributed by atoms with Crippen molar-refractivity contribution >= 4 is 21.4 Å². The van der Waals surface area contributed by atoms with Crippen molar-refractivity contribution in [3.63, 3.8) is 0 Å². The molecular weight excluding hydrogens is 412 g/mol. The van der Waals surface area contributed by atoms with E-state index in [9.17, 15) is 9.00 Å². The zero-order valence-corrected chi connectivity index (χ0v) is 18.7. The first-order valence-electron chi connectivity index (χ1n) is 11.3. The third-order valence-corrected chi connectivity index (χ3v) is 9.15. The molecule has 1 aliphatic heterocycles. The Morgan fingerprint density at radius 1 is 1.16 bits per heavy atom. The molecule has 1 fully saturated rings. The number of nitrogens with one attached hydrogen (secondary N) is 1. The molecule has 8 heteroatoms. The smallest absolute Gasteiger partial charge is 0.353 e. The van der Waals surface area contributed by atoms with E-state index in [0.717, 1.165) is 63.6 Å². The molecule has 0 radical (unpaired) electrons. The summed E-state index contributed by atoms with van der Waals surface area (Å²) in [5.74, 6) is 0.503. The molecule has 1 spiro atoms. The normalized spacial score (nSPS) is 22.0. The molecule has 6 rings (SSSR count). The number of carbonyl (C=O) groups excluding carboxylic acids is 1. The van der Waals surface area contributed by atoms with Gasteiger partial charge in [-0.2, -0.15) is 5.10 Å². The molecule has 2 amide bonds. The van der Waals surface area contributed by atoms with Crippen molar-refractivity contribution in [3.05, 3.63) is 34.5 Å². The molecule has 1 aromatic heterocycles. The second-order valence-corrected chi connectivity index (χ2v) is 11.9. The van der Waals surface area contributed by atoms with E-state index in [1.54, 1.807) is 10.9 Å².